The second-order valence-corrected chi connectivity index (χ2v) is 6.43. The van der Waals surface area contributed by atoms with Crippen LogP contribution in [0.4, 0.5) is 0 Å². The molecule has 0 spiro atoms. The average Bonchev–Trinajstić information content (AvgIpc) is 2.60. The summed E-state index contributed by atoms with van der Waals surface area (Å²) >= 11 is 6.02. The summed E-state index contributed by atoms with van der Waals surface area (Å²) in [5.74, 6) is -1.20. The lowest BCUT2D eigenvalue weighted by molar-refractivity contribution is -0.141. The largest absolute Gasteiger partial charge is 0.496 e. The van der Waals surface area contributed by atoms with Gasteiger partial charge in [0.25, 0.3) is 0 Å². The van der Waals surface area contributed by atoms with Crippen LogP contribution in [0.2, 0.25) is 5.02 Å². The molecule has 1 aliphatic heterocycles. The van der Waals surface area contributed by atoms with E-state index < -0.39 is 11.9 Å². The first-order valence-corrected chi connectivity index (χ1v) is 8.28. The third-order valence-corrected chi connectivity index (χ3v) is 4.66. The zero-order valence-corrected chi connectivity index (χ0v) is 14.5. The minimum Gasteiger partial charge on any atom is -0.496 e. The summed E-state index contributed by atoms with van der Waals surface area (Å²) in [6, 6.07) is 12.5. The van der Waals surface area contributed by atoms with Crippen LogP contribution in [-0.4, -0.2) is 35.5 Å². The number of methoxy groups -OCH3 is 1. The number of carbonyl (C=O) groups excluding carboxylic acids is 1. The van der Waals surface area contributed by atoms with E-state index in [2.05, 4.69) is 0 Å². The lowest BCUT2D eigenvalue weighted by Crippen LogP contribution is -2.41. The van der Waals surface area contributed by atoms with Crippen LogP contribution in [0.15, 0.2) is 42.5 Å². The topological polar surface area (TPSA) is 66.8 Å². The normalized spacial score (nSPS) is 16.2. The first-order chi connectivity index (χ1) is 12.0. The van der Waals surface area contributed by atoms with Gasteiger partial charge < -0.3 is 14.7 Å². The maximum atomic E-state index is 12.8. The minimum atomic E-state index is -0.926. The highest BCUT2D eigenvalue weighted by molar-refractivity contribution is 6.30. The van der Waals surface area contributed by atoms with Crippen molar-refractivity contribution < 1.29 is 19.4 Å². The minimum absolute atomic E-state index is 0.109. The Morgan fingerprint density at radius 3 is 2.76 bits per heavy atom. The maximum Gasteiger partial charge on any atom is 0.312 e. The van der Waals surface area contributed by atoms with Gasteiger partial charge in [0.05, 0.1) is 19.4 Å². The van der Waals surface area contributed by atoms with Crippen molar-refractivity contribution >= 4 is 23.5 Å². The number of carboxylic acids is 1. The number of ether oxygens (including phenoxy) is 1. The molecule has 0 bridgehead atoms. The van der Waals surface area contributed by atoms with E-state index in [0.717, 1.165) is 11.1 Å². The molecule has 1 aliphatic rings. The van der Waals surface area contributed by atoms with Gasteiger partial charge in [-0.1, -0.05) is 35.9 Å². The number of rotatable bonds is 4. The molecule has 0 radical (unpaired) electrons. The van der Waals surface area contributed by atoms with Crippen LogP contribution >= 0.6 is 11.6 Å². The number of halogens is 1. The number of amides is 1. The van der Waals surface area contributed by atoms with Crippen LogP contribution < -0.4 is 4.74 Å². The second kappa shape index (κ2) is 7.15. The second-order valence-electron chi connectivity index (χ2n) is 6.00. The van der Waals surface area contributed by atoms with Crippen molar-refractivity contribution in [3.05, 3.63) is 64.2 Å². The molecule has 0 aromatic heterocycles. The summed E-state index contributed by atoms with van der Waals surface area (Å²) in [5, 5.41) is 10.0. The Morgan fingerprint density at radius 1 is 1.28 bits per heavy atom. The maximum absolute atomic E-state index is 12.8. The molecule has 130 valence electrons. The Bertz CT molecular complexity index is 821. The van der Waals surface area contributed by atoms with Crippen LogP contribution in [0.25, 0.3) is 0 Å². The molecule has 0 fully saturated rings. The molecule has 6 heteroatoms. The molecule has 0 saturated heterocycles. The third kappa shape index (κ3) is 3.61. The number of benzene rings is 2. The molecular formula is C19H18ClNO4. The Balaban J connectivity index is 1.84. The van der Waals surface area contributed by atoms with Crippen LogP contribution in [0, 0.1) is 0 Å². The summed E-state index contributed by atoms with van der Waals surface area (Å²) in [6.07, 6.45) is 0.109. The molecular weight excluding hydrogens is 342 g/mol. The van der Waals surface area contributed by atoms with Crippen molar-refractivity contribution in [2.45, 2.75) is 18.9 Å². The quantitative estimate of drug-likeness (QED) is 0.910. The summed E-state index contributed by atoms with van der Waals surface area (Å²) < 4.78 is 5.28. The van der Waals surface area contributed by atoms with Gasteiger partial charge in [-0.05, 0) is 29.3 Å². The number of nitrogens with zero attached hydrogens (tertiary/aromatic N) is 1. The zero-order chi connectivity index (χ0) is 18.0. The molecule has 1 atom stereocenters. The van der Waals surface area contributed by atoms with Crippen LogP contribution in [-0.2, 0) is 22.6 Å². The molecule has 0 saturated carbocycles. The van der Waals surface area contributed by atoms with Crippen LogP contribution in [0.3, 0.4) is 0 Å². The third-order valence-electron chi connectivity index (χ3n) is 4.43. The van der Waals surface area contributed by atoms with E-state index in [1.807, 2.05) is 24.3 Å². The molecule has 2 aromatic carbocycles. The Hall–Kier alpha value is -2.53. The fourth-order valence-electron chi connectivity index (χ4n) is 3.17. The first kappa shape index (κ1) is 17.3. The molecule has 25 heavy (non-hydrogen) atoms. The Kier molecular flexibility index (Phi) is 4.95. The number of aliphatic carboxylic acids is 1. The standard InChI is InChI=1S/C19H18ClNO4/c1-25-17-7-6-14(20)8-13(17)9-18(22)21-10-12-4-2-3-5-15(12)16(11-21)19(23)24/h2-8,16H,9-11H2,1H3,(H,23,24). The highest BCUT2D eigenvalue weighted by Crippen LogP contribution is 2.30. The van der Waals surface area contributed by atoms with E-state index in [1.165, 1.54) is 7.11 Å². The number of fused-ring (bicyclic) bond motifs is 1. The van der Waals surface area contributed by atoms with E-state index in [0.29, 0.717) is 22.9 Å². The first-order valence-electron chi connectivity index (χ1n) is 7.90. The summed E-state index contributed by atoms with van der Waals surface area (Å²) in [6.45, 7) is 0.565. The molecule has 0 aliphatic carbocycles. The van der Waals surface area contributed by atoms with Gasteiger partial charge in [0.15, 0.2) is 0 Å². The number of hydrogen-bond donors (Lipinski definition) is 1. The Morgan fingerprint density at radius 2 is 2.04 bits per heavy atom. The van der Waals surface area contributed by atoms with Gasteiger partial charge in [-0.15, -0.1) is 0 Å². The van der Waals surface area contributed by atoms with E-state index in [4.69, 9.17) is 16.3 Å². The summed E-state index contributed by atoms with van der Waals surface area (Å²) in [7, 11) is 1.54. The van der Waals surface area contributed by atoms with Crippen molar-refractivity contribution in [1.29, 1.82) is 0 Å². The number of carboxylic acid groups (broad SMARTS) is 1. The van der Waals surface area contributed by atoms with E-state index in [1.54, 1.807) is 23.1 Å². The SMILES string of the molecule is COc1ccc(Cl)cc1CC(=O)N1Cc2ccccc2C(C(=O)O)C1. The lowest BCUT2D eigenvalue weighted by atomic mass is 9.89. The highest BCUT2D eigenvalue weighted by atomic mass is 35.5. The van der Waals surface area contributed by atoms with E-state index >= 15 is 0 Å². The molecule has 1 N–H and O–H groups in total. The van der Waals surface area contributed by atoms with Crippen molar-refractivity contribution in [1.82, 2.24) is 4.90 Å². The summed E-state index contributed by atoms with van der Waals surface area (Å²) in [5.41, 5.74) is 2.33. The van der Waals surface area contributed by atoms with Gasteiger partial charge in [0.1, 0.15) is 5.75 Å². The summed E-state index contributed by atoms with van der Waals surface area (Å²) in [4.78, 5) is 26.0. The fraction of sp³-hybridized carbons (Fsp3) is 0.263. The Labute approximate surface area is 150 Å². The molecule has 1 heterocycles. The highest BCUT2D eigenvalue weighted by Gasteiger charge is 2.32. The van der Waals surface area contributed by atoms with Gasteiger partial charge in [-0.3, -0.25) is 9.59 Å². The predicted octanol–water partition coefficient (Wildman–Crippen LogP) is 3.10. The van der Waals surface area contributed by atoms with Gasteiger partial charge in [0, 0.05) is 23.7 Å². The number of hydrogen-bond acceptors (Lipinski definition) is 3. The van der Waals surface area contributed by atoms with Crippen molar-refractivity contribution in [2.75, 3.05) is 13.7 Å². The predicted molar refractivity (Wildman–Crippen MR) is 93.9 cm³/mol. The lowest BCUT2D eigenvalue weighted by Gasteiger charge is -2.33. The fourth-order valence-corrected chi connectivity index (χ4v) is 3.36. The average molecular weight is 360 g/mol. The van der Waals surface area contributed by atoms with Gasteiger partial charge in [-0.2, -0.15) is 0 Å². The molecule has 5 nitrogen and oxygen atoms in total. The van der Waals surface area contributed by atoms with Gasteiger partial charge in [0.2, 0.25) is 5.91 Å². The molecule has 1 unspecified atom stereocenters. The van der Waals surface area contributed by atoms with Gasteiger partial charge >= 0.3 is 5.97 Å². The smallest absolute Gasteiger partial charge is 0.312 e. The monoisotopic (exact) mass is 359 g/mol. The zero-order valence-electron chi connectivity index (χ0n) is 13.7. The molecule has 3 rings (SSSR count). The van der Waals surface area contributed by atoms with Crippen molar-refractivity contribution in [3.63, 3.8) is 0 Å². The van der Waals surface area contributed by atoms with E-state index in [9.17, 15) is 14.7 Å². The van der Waals surface area contributed by atoms with Gasteiger partial charge in [-0.25, -0.2) is 0 Å². The van der Waals surface area contributed by atoms with Crippen LogP contribution in [0.5, 0.6) is 5.75 Å². The number of carbonyl (C=O) groups is 2. The van der Waals surface area contributed by atoms with Crippen molar-refractivity contribution in [2.24, 2.45) is 0 Å². The van der Waals surface area contributed by atoms with Crippen LogP contribution in [0.1, 0.15) is 22.6 Å². The molecule has 1 amide bonds. The van der Waals surface area contributed by atoms with E-state index in [-0.39, 0.29) is 18.9 Å². The molecule has 2 aromatic rings. The van der Waals surface area contributed by atoms with Crippen molar-refractivity contribution in [3.8, 4) is 5.75 Å².